The Kier molecular flexibility index (Phi) is 4.95. The molecule has 0 bridgehead atoms. The van der Waals surface area contributed by atoms with Crippen LogP contribution in [0, 0.1) is 5.82 Å². The number of methoxy groups -OCH3 is 1. The van der Waals surface area contributed by atoms with Gasteiger partial charge in [0.2, 0.25) is 11.2 Å². The van der Waals surface area contributed by atoms with E-state index in [1.807, 2.05) is 0 Å². The van der Waals surface area contributed by atoms with Crippen molar-refractivity contribution in [3.63, 3.8) is 0 Å². The molecule has 0 spiro atoms. The number of hydrogen-bond acceptors (Lipinski definition) is 5. The van der Waals surface area contributed by atoms with Crippen molar-refractivity contribution in [1.82, 2.24) is 0 Å². The van der Waals surface area contributed by atoms with Crippen LogP contribution in [0.15, 0.2) is 51.7 Å². The van der Waals surface area contributed by atoms with Crippen LogP contribution < -0.4 is 5.43 Å². The van der Waals surface area contributed by atoms with Crippen molar-refractivity contribution in [3.05, 3.63) is 74.9 Å². The average molecular weight is 377 g/mol. The highest BCUT2D eigenvalue weighted by Crippen LogP contribution is 2.39. The van der Waals surface area contributed by atoms with Crippen LogP contribution in [0.1, 0.15) is 23.7 Å². The van der Waals surface area contributed by atoms with Crippen LogP contribution in [0.4, 0.5) is 4.39 Å². The largest absolute Gasteiger partial charge is 0.502 e. The van der Waals surface area contributed by atoms with Crippen molar-refractivity contribution >= 4 is 28.5 Å². The van der Waals surface area contributed by atoms with Crippen LogP contribution in [0.3, 0.4) is 0 Å². The van der Waals surface area contributed by atoms with Gasteiger partial charge in [0.05, 0.1) is 24.8 Å². The zero-order valence-electron chi connectivity index (χ0n) is 13.7. The molecule has 0 amide bonds. The van der Waals surface area contributed by atoms with Crippen LogP contribution in [0.5, 0.6) is 5.75 Å². The first-order valence-corrected chi connectivity index (χ1v) is 8.07. The van der Waals surface area contributed by atoms with E-state index in [2.05, 4.69) is 4.74 Å². The monoisotopic (exact) mass is 376 g/mol. The maximum Gasteiger partial charge on any atom is 0.306 e. The molecular formula is C19H14ClFO5. The molecule has 1 aromatic heterocycles. The van der Waals surface area contributed by atoms with Crippen LogP contribution in [0.25, 0.3) is 11.0 Å². The molecule has 0 saturated carbocycles. The minimum Gasteiger partial charge on any atom is -0.502 e. The number of carbonyl (C=O) groups excluding carboxylic acids is 1. The Labute approximate surface area is 152 Å². The molecule has 1 N–H and O–H groups in total. The molecule has 1 heterocycles. The summed E-state index contributed by atoms with van der Waals surface area (Å²) in [5.41, 5.74) is -0.537. The van der Waals surface area contributed by atoms with Crippen molar-refractivity contribution in [1.29, 1.82) is 0 Å². The van der Waals surface area contributed by atoms with E-state index in [0.29, 0.717) is 0 Å². The lowest BCUT2D eigenvalue weighted by molar-refractivity contribution is -0.140. The Morgan fingerprint density at radius 3 is 2.69 bits per heavy atom. The standard InChI is InChI=1S/C19H14ClFO5/c1-25-15(22)9-11(16-12(20)6-4-7-13(16)21)19-18(24)17(23)10-5-2-3-8-14(10)26-19/h2-8,11,24H,9H2,1H3/t11-/m1/s1. The fraction of sp³-hybridized carbons (Fsp3) is 0.158. The van der Waals surface area contributed by atoms with Gasteiger partial charge in [-0.3, -0.25) is 9.59 Å². The molecule has 0 fully saturated rings. The zero-order valence-corrected chi connectivity index (χ0v) is 14.4. The molecule has 134 valence electrons. The highest BCUT2D eigenvalue weighted by Gasteiger charge is 2.30. The number of carbonyl (C=O) groups is 1. The summed E-state index contributed by atoms with van der Waals surface area (Å²) in [6.45, 7) is 0. The number of esters is 1. The number of fused-ring (bicyclic) bond motifs is 1. The predicted octanol–water partition coefficient (Wildman–Crippen LogP) is 3.99. The number of hydrogen-bond donors (Lipinski definition) is 1. The number of rotatable bonds is 4. The summed E-state index contributed by atoms with van der Waals surface area (Å²) in [5, 5.41) is 10.6. The summed E-state index contributed by atoms with van der Waals surface area (Å²) in [6.07, 6.45) is -0.369. The molecule has 3 aromatic rings. The van der Waals surface area contributed by atoms with Gasteiger partial charge in [-0.05, 0) is 24.3 Å². The maximum absolute atomic E-state index is 14.4. The Morgan fingerprint density at radius 2 is 2.00 bits per heavy atom. The third-order valence-corrected chi connectivity index (χ3v) is 4.39. The van der Waals surface area contributed by atoms with E-state index in [0.717, 1.165) is 0 Å². The van der Waals surface area contributed by atoms with E-state index < -0.39 is 28.9 Å². The van der Waals surface area contributed by atoms with Gasteiger partial charge in [-0.2, -0.15) is 0 Å². The summed E-state index contributed by atoms with van der Waals surface area (Å²) < 4.78 is 24.8. The molecule has 0 aliphatic rings. The fourth-order valence-corrected chi connectivity index (χ4v) is 3.10. The normalized spacial score (nSPS) is 12.1. The molecule has 0 radical (unpaired) electrons. The van der Waals surface area contributed by atoms with Crippen molar-refractivity contribution in [3.8, 4) is 5.75 Å². The molecule has 3 rings (SSSR count). The second-order valence-electron chi connectivity index (χ2n) is 5.61. The lowest BCUT2D eigenvalue weighted by atomic mass is 9.91. The van der Waals surface area contributed by atoms with Crippen LogP contribution in [0.2, 0.25) is 5.02 Å². The molecule has 1 atom stereocenters. The van der Waals surface area contributed by atoms with E-state index in [-0.39, 0.29) is 33.7 Å². The molecule has 0 unspecified atom stereocenters. The van der Waals surface area contributed by atoms with Gasteiger partial charge in [-0.15, -0.1) is 0 Å². The van der Waals surface area contributed by atoms with Gasteiger partial charge in [-0.1, -0.05) is 29.8 Å². The topological polar surface area (TPSA) is 76.7 Å². The van der Waals surface area contributed by atoms with Gasteiger partial charge in [-0.25, -0.2) is 4.39 Å². The average Bonchev–Trinajstić information content (AvgIpc) is 2.63. The second kappa shape index (κ2) is 7.17. The van der Waals surface area contributed by atoms with E-state index >= 15 is 0 Å². The van der Waals surface area contributed by atoms with Gasteiger partial charge >= 0.3 is 5.97 Å². The summed E-state index contributed by atoms with van der Waals surface area (Å²) >= 11 is 6.12. The minimum absolute atomic E-state index is 0.0362. The Hall–Kier alpha value is -2.86. The van der Waals surface area contributed by atoms with Gasteiger partial charge < -0.3 is 14.3 Å². The number of ether oxygens (including phenoxy) is 1. The Bertz CT molecular complexity index is 1020. The summed E-state index contributed by atoms with van der Waals surface area (Å²) in [6, 6.07) is 10.3. The molecule has 0 aliphatic heterocycles. The third kappa shape index (κ3) is 3.15. The lowest BCUT2D eigenvalue weighted by Crippen LogP contribution is -2.15. The van der Waals surface area contributed by atoms with Crippen molar-refractivity contribution in [2.24, 2.45) is 0 Å². The number of halogens is 2. The summed E-state index contributed by atoms with van der Waals surface area (Å²) in [5.74, 6) is -3.44. The maximum atomic E-state index is 14.4. The van der Waals surface area contributed by atoms with Crippen LogP contribution in [-0.4, -0.2) is 18.2 Å². The fourth-order valence-electron chi connectivity index (χ4n) is 2.81. The van der Waals surface area contributed by atoms with E-state index in [4.69, 9.17) is 16.0 Å². The van der Waals surface area contributed by atoms with Crippen molar-refractivity contribution in [2.75, 3.05) is 7.11 Å². The van der Waals surface area contributed by atoms with E-state index in [1.54, 1.807) is 12.1 Å². The first-order chi connectivity index (χ1) is 12.4. The van der Waals surface area contributed by atoms with E-state index in [1.165, 1.54) is 37.4 Å². The highest BCUT2D eigenvalue weighted by molar-refractivity contribution is 6.31. The summed E-state index contributed by atoms with van der Waals surface area (Å²) in [7, 11) is 1.18. The molecule has 7 heteroatoms. The van der Waals surface area contributed by atoms with Crippen LogP contribution in [-0.2, 0) is 9.53 Å². The molecule has 2 aromatic carbocycles. The van der Waals surface area contributed by atoms with Gasteiger partial charge in [0.1, 0.15) is 11.4 Å². The minimum atomic E-state index is -1.13. The summed E-state index contributed by atoms with van der Waals surface area (Å²) in [4.78, 5) is 24.3. The molecular weight excluding hydrogens is 363 g/mol. The molecule has 0 saturated heterocycles. The number of aromatic hydroxyl groups is 1. The van der Waals surface area contributed by atoms with E-state index in [9.17, 15) is 19.1 Å². The van der Waals surface area contributed by atoms with Gasteiger partial charge in [0.25, 0.3) is 0 Å². The van der Waals surface area contributed by atoms with Crippen molar-refractivity contribution in [2.45, 2.75) is 12.3 Å². The molecule has 26 heavy (non-hydrogen) atoms. The Morgan fingerprint density at radius 1 is 1.27 bits per heavy atom. The Balaban J connectivity index is 2.29. The quantitative estimate of drug-likeness (QED) is 0.697. The zero-order chi connectivity index (χ0) is 18.8. The van der Waals surface area contributed by atoms with Gasteiger partial charge in [0.15, 0.2) is 5.76 Å². The highest BCUT2D eigenvalue weighted by atomic mass is 35.5. The predicted molar refractivity (Wildman–Crippen MR) is 94.0 cm³/mol. The van der Waals surface area contributed by atoms with Crippen molar-refractivity contribution < 1.29 is 23.4 Å². The smallest absolute Gasteiger partial charge is 0.306 e. The third-order valence-electron chi connectivity index (χ3n) is 4.06. The first kappa shape index (κ1) is 17.9. The molecule has 5 nitrogen and oxygen atoms in total. The number of benzene rings is 2. The first-order valence-electron chi connectivity index (χ1n) is 7.69. The number of para-hydroxylation sites is 1. The lowest BCUT2D eigenvalue weighted by Gasteiger charge is -2.18. The van der Waals surface area contributed by atoms with Gasteiger partial charge in [0, 0.05) is 10.6 Å². The SMILES string of the molecule is COC(=O)C[C@@H](c1oc2ccccc2c(=O)c1O)c1c(F)cccc1Cl. The second-order valence-corrected chi connectivity index (χ2v) is 6.02. The van der Waals surface area contributed by atoms with Crippen LogP contribution >= 0.6 is 11.6 Å². The molecule has 0 aliphatic carbocycles.